The van der Waals surface area contributed by atoms with E-state index in [0.717, 1.165) is 22.3 Å². The fourth-order valence-corrected chi connectivity index (χ4v) is 6.87. The standard InChI is InChI=1S/C49H42N3O.Pt/c1-31-20-21-44(41(25-31)35-16-11-8-12-17-35)52-45-19-13-18-40(46(45)51-48(52)42-26-32(2)24-33(3)47(42)53)37-27-38(29-39(28-37)49(4,5)6)43-30-36(22-23-50-43)34-14-9-7-10-15-34;/h7-26,28-30,53H,1-6H3;/q-1;/i1D3,7D,9D,10D,14D,15D;. The zero-order chi connectivity index (χ0) is 43.7. The Balaban J connectivity index is 0.00000578. The maximum Gasteiger partial charge on any atom is 0.148 e. The molecule has 0 spiro atoms. The number of rotatable bonds is 6. The van der Waals surface area contributed by atoms with Gasteiger partial charge in [-0.25, -0.2) is 4.98 Å². The van der Waals surface area contributed by atoms with Crippen molar-refractivity contribution in [2.45, 2.75) is 46.9 Å². The van der Waals surface area contributed by atoms with Gasteiger partial charge in [-0.1, -0.05) is 128 Å². The van der Waals surface area contributed by atoms with E-state index in [1.807, 2.05) is 85.1 Å². The molecule has 8 aromatic rings. The zero-order valence-electron chi connectivity index (χ0n) is 38.5. The molecule has 0 amide bonds. The molecule has 1 N–H and O–H groups in total. The van der Waals surface area contributed by atoms with E-state index in [1.165, 1.54) is 0 Å². The third kappa shape index (κ3) is 6.95. The predicted octanol–water partition coefficient (Wildman–Crippen LogP) is 12.5. The van der Waals surface area contributed by atoms with Gasteiger partial charge >= 0.3 is 0 Å². The monoisotopic (exact) mass is 891 g/mol. The van der Waals surface area contributed by atoms with Crippen molar-refractivity contribution in [3.05, 3.63) is 168 Å². The minimum absolute atomic E-state index is 0. The van der Waals surface area contributed by atoms with Crippen molar-refractivity contribution in [1.29, 1.82) is 0 Å². The van der Waals surface area contributed by atoms with E-state index in [4.69, 9.17) is 20.9 Å². The number of hydrogen-bond donors (Lipinski definition) is 1. The Morgan fingerprint density at radius 1 is 0.722 bits per heavy atom. The summed E-state index contributed by atoms with van der Waals surface area (Å²) in [6.07, 6.45) is 1.56. The first-order chi connectivity index (χ1) is 28.8. The Hall–Kier alpha value is -5.57. The van der Waals surface area contributed by atoms with Crippen molar-refractivity contribution >= 4 is 11.0 Å². The normalized spacial score (nSPS) is 13.8. The molecule has 0 aliphatic rings. The number of fused-ring (bicyclic) bond motifs is 1. The first-order valence-corrected chi connectivity index (χ1v) is 17.5. The quantitative estimate of drug-likeness (QED) is 0.169. The summed E-state index contributed by atoms with van der Waals surface area (Å²) in [7, 11) is 0. The van der Waals surface area contributed by atoms with Crippen molar-refractivity contribution < 1.29 is 37.1 Å². The number of aromatic nitrogens is 3. The van der Waals surface area contributed by atoms with Gasteiger partial charge in [0.15, 0.2) is 0 Å². The van der Waals surface area contributed by atoms with Crippen LogP contribution in [-0.2, 0) is 26.5 Å². The summed E-state index contributed by atoms with van der Waals surface area (Å²) in [5.41, 5.74) is 9.55. The SMILES string of the molecule is [2H]c1c([2H])c([2H])c(-c2ccnc(-c3[c-]c(-c4cccc5c4nc(-c4cc(C)cc(C)c4O)n5-c4ccc(C([2H])([2H])[2H])cc4-c4ccccc4)cc(C(C)(C)C)c3)c2)c([2H])c1[2H].[Pt]. The number of benzene rings is 6. The van der Waals surface area contributed by atoms with Crippen LogP contribution in [0.3, 0.4) is 0 Å². The van der Waals surface area contributed by atoms with E-state index >= 15 is 0 Å². The van der Waals surface area contributed by atoms with Crippen LogP contribution in [0.2, 0.25) is 0 Å². The number of para-hydroxylation sites is 1. The number of phenolic OH excluding ortho intramolecular Hbond substituents is 1. The van der Waals surface area contributed by atoms with Gasteiger partial charge in [-0.15, -0.1) is 29.3 Å². The molecule has 8 rings (SSSR count). The minimum Gasteiger partial charge on any atom is -0.507 e. The molecule has 270 valence electrons. The number of imidazole rings is 1. The summed E-state index contributed by atoms with van der Waals surface area (Å²) >= 11 is 0. The van der Waals surface area contributed by atoms with Gasteiger partial charge in [0.2, 0.25) is 0 Å². The van der Waals surface area contributed by atoms with E-state index in [1.54, 1.807) is 36.5 Å². The molecule has 0 radical (unpaired) electrons. The van der Waals surface area contributed by atoms with Crippen molar-refractivity contribution in [2.24, 2.45) is 0 Å². The van der Waals surface area contributed by atoms with Crippen LogP contribution in [0.15, 0.2) is 140 Å². The first-order valence-electron chi connectivity index (χ1n) is 21.5. The average molecular weight is 892 g/mol. The Morgan fingerprint density at radius 2 is 1.48 bits per heavy atom. The number of aromatic hydroxyl groups is 1. The molecule has 2 aromatic heterocycles. The van der Waals surface area contributed by atoms with Crippen molar-refractivity contribution in [3.8, 4) is 67.5 Å². The number of phenols is 1. The van der Waals surface area contributed by atoms with Gasteiger partial charge in [0.1, 0.15) is 11.6 Å². The minimum atomic E-state index is -2.35. The van der Waals surface area contributed by atoms with Crippen LogP contribution in [0.4, 0.5) is 0 Å². The topological polar surface area (TPSA) is 50.9 Å². The predicted molar refractivity (Wildman–Crippen MR) is 219 cm³/mol. The molecule has 0 unspecified atom stereocenters. The fraction of sp³-hybridized carbons (Fsp3) is 0.143. The van der Waals surface area contributed by atoms with E-state index in [-0.39, 0.29) is 55.4 Å². The number of aryl methyl sites for hydroxylation is 3. The molecular weight excluding hydrogens is 842 g/mol. The van der Waals surface area contributed by atoms with Crippen molar-refractivity contribution in [2.75, 3.05) is 0 Å². The summed E-state index contributed by atoms with van der Waals surface area (Å²) in [4.78, 5) is 10.0. The van der Waals surface area contributed by atoms with Gasteiger partial charge in [0.25, 0.3) is 0 Å². The number of hydrogen-bond acceptors (Lipinski definition) is 3. The Bertz CT molecular complexity index is 3020. The summed E-state index contributed by atoms with van der Waals surface area (Å²) in [5, 5.41) is 11.7. The van der Waals surface area contributed by atoms with Crippen molar-refractivity contribution in [1.82, 2.24) is 14.5 Å². The van der Waals surface area contributed by atoms with Crippen LogP contribution in [-0.4, -0.2) is 19.6 Å². The van der Waals surface area contributed by atoms with E-state index < -0.39 is 25.0 Å². The molecule has 5 heteroatoms. The van der Waals surface area contributed by atoms with Gasteiger partial charge in [0, 0.05) is 42.6 Å². The van der Waals surface area contributed by atoms with Gasteiger partial charge in [0.05, 0.1) is 29.1 Å². The van der Waals surface area contributed by atoms with E-state index in [0.29, 0.717) is 61.6 Å². The Kier molecular flexibility index (Phi) is 7.60. The summed E-state index contributed by atoms with van der Waals surface area (Å²) < 4.78 is 68.6. The second kappa shape index (κ2) is 14.7. The molecular formula is C49H42N3OPt-. The first kappa shape index (κ1) is 28.0. The summed E-state index contributed by atoms with van der Waals surface area (Å²) in [5.74, 6) is 0.545. The van der Waals surface area contributed by atoms with Gasteiger partial charge in [-0.05, 0) is 84.3 Å². The second-order valence-electron chi connectivity index (χ2n) is 14.4. The Labute approximate surface area is 343 Å². The smallest absolute Gasteiger partial charge is 0.148 e. The maximum absolute atomic E-state index is 11.7. The van der Waals surface area contributed by atoms with Gasteiger partial charge in [-0.2, -0.15) is 0 Å². The molecule has 0 fully saturated rings. The van der Waals surface area contributed by atoms with Gasteiger partial charge < -0.3 is 5.11 Å². The largest absolute Gasteiger partial charge is 0.507 e. The molecule has 0 bridgehead atoms. The molecule has 0 saturated heterocycles. The molecule has 4 nitrogen and oxygen atoms in total. The van der Waals surface area contributed by atoms with Crippen LogP contribution in [0.1, 0.15) is 54.0 Å². The van der Waals surface area contributed by atoms with Crippen LogP contribution in [0, 0.1) is 26.8 Å². The van der Waals surface area contributed by atoms with Crippen LogP contribution >= 0.6 is 0 Å². The number of nitrogens with zero attached hydrogens (tertiary/aromatic N) is 3. The second-order valence-corrected chi connectivity index (χ2v) is 14.4. The maximum atomic E-state index is 11.7. The average Bonchev–Trinajstić information content (AvgIpc) is 3.62. The van der Waals surface area contributed by atoms with Crippen LogP contribution < -0.4 is 0 Å². The van der Waals surface area contributed by atoms with E-state index in [9.17, 15) is 5.11 Å². The third-order valence-corrected chi connectivity index (χ3v) is 9.54. The van der Waals surface area contributed by atoms with Crippen molar-refractivity contribution in [3.63, 3.8) is 0 Å². The van der Waals surface area contributed by atoms with E-state index in [2.05, 4.69) is 32.9 Å². The zero-order valence-corrected chi connectivity index (χ0v) is 32.8. The molecule has 0 saturated carbocycles. The molecule has 0 atom stereocenters. The molecule has 6 aromatic carbocycles. The number of pyridine rings is 1. The summed E-state index contributed by atoms with van der Waals surface area (Å²) in [6, 6.07) is 33.6. The molecule has 2 heterocycles. The fourth-order valence-electron chi connectivity index (χ4n) is 6.87. The molecule has 0 aliphatic heterocycles. The van der Waals surface area contributed by atoms with Gasteiger partial charge in [-0.3, -0.25) is 9.55 Å². The molecule has 54 heavy (non-hydrogen) atoms. The third-order valence-electron chi connectivity index (χ3n) is 9.54. The van der Waals surface area contributed by atoms with Crippen LogP contribution in [0.5, 0.6) is 5.75 Å². The molecule has 0 aliphatic carbocycles. The summed E-state index contributed by atoms with van der Waals surface area (Å²) in [6.45, 7) is 7.78. The van der Waals surface area contributed by atoms with Crippen LogP contribution in [0.25, 0.3) is 72.7 Å². The Morgan fingerprint density at radius 3 is 2.24 bits per heavy atom.